The molecule has 1 aliphatic carbocycles. The normalized spacial score (nSPS) is 19.3. The molecule has 6 nitrogen and oxygen atoms in total. The maximum absolute atomic E-state index is 12.3. The molecule has 0 spiro atoms. The number of amides is 2. The fourth-order valence-electron chi connectivity index (χ4n) is 2.33. The number of rotatable bonds is 8. The molecule has 1 fully saturated rings. The Morgan fingerprint density at radius 2 is 1.91 bits per heavy atom. The van der Waals surface area contributed by atoms with Crippen LogP contribution in [0, 0.1) is 11.8 Å². The van der Waals surface area contributed by atoms with Crippen molar-refractivity contribution in [2.75, 3.05) is 25.6 Å². The van der Waals surface area contributed by atoms with Gasteiger partial charge in [-0.1, -0.05) is 12.1 Å². The van der Waals surface area contributed by atoms with E-state index >= 15 is 0 Å². The number of carbonyl (C=O) groups is 2. The fraction of sp³-hybridized carbons (Fsp3) is 0.529. The molecule has 2 atom stereocenters. The second-order valence-electron chi connectivity index (χ2n) is 5.88. The molecule has 1 aromatic rings. The highest BCUT2D eigenvalue weighted by atomic mass is 16.5. The van der Waals surface area contributed by atoms with E-state index in [2.05, 4.69) is 10.6 Å². The lowest BCUT2D eigenvalue weighted by Crippen LogP contribution is -2.30. The summed E-state index contributed by atoms with van der Waals surface area (Å²) in [5.41, 5.74) is 0.636. The summed E-state index contributed by atoms with van der Waals surface area (Å²) in [5.74, 6) is -0.113. The van der Waals surface area contributed by atoms with E-state index in [0.29, 0.717) is 31.0 Å². The molecular formula is C17H24N2O4. The Morgan fingerprint density at radius 3 is 2.61 bits per heavy atom. The molecule has 2 rings (SSSR count). The minimum atomic E-state index is -0.273. The third-order valence-electron chi connectivity index (χ3n) is 3.58. The van der Waals surface area contributed by atoms with Gasteiger partial charge in [-0.3, -0.25) is 9.59 Å². The molecular weight excluding hydrogens is 296 g/mol. The van der Waals surface area contributed by atoms with Crippen molar-refractivity contribution in [3.8, 4) is 5.75 Å². The van der Waals surface area contributed by atoms with Crippen molar-refractivity contribution >= 4 is 17.5 Å². The predicted molar refractivity (Wildman–Crippen MR) is 87.3 cm³/mol. The summed E-state index contributed by atoms with van der Waals surface area (Å²) in [6.07, 6.45) is 0.603. The predicted octanol–water partition coefficient (Wildman–Crippen LogP) is 1.81. The molecule has 1 saturated carbocycles. The van der Waals surface area contributed by atoms with E-state index in [1.54, 1.807) is 13.2 Å². The highest BCUT2D eigenvalue weighted by molar-refractivity contribution is 6.00. The van der Waals surface area contributed by atoms with Gasteiger partial charge in [-0.2, -0.15) is 0 Å². The van der Waals surface area contributed by atoms with E-state index in [0.717, 1.165) is 0 Å². The Bertz CT molecular complexity index is 559. The third kappa shape index (κ3) is 4.96. The first-order chi connectivity index (χ1) is 11.0. The van der Waals surface area contributed by atoms with Gasteiger partial charge < -0.3 is 20.1 Å². The number of benzene rings is 1. The van der Waals surface area contributed by atoms with Crippen molar-refractivity contribution < 1.29 is 19.1 Å². The van der Waals surface area contributed by atoms with Crippen LogP contribution in [0.2, 0.25) is 0 Å². The minimum Gasteiger partial charge on any atom is -0.489 e. The minimum absolute atomic E-state index is 0.0216. The van der Waals surface area contributed by atoms with Crippen LogP contribution in [-0.2, 0) is 14.3 Å². The second-order valence-corrected chi connectivity index (χ2v) is 5.88. The summed E-state index contributed by atoms with van der Waals surface area (Å²) in [6.45, 7) is 4.79. The Hall–Kier alpha value is -2.08. The number of nitrogens with one attached hydrogen (secondary N) is 2. The molecule has 0 radical (unpaired) electrons. The van der Waals surface area contributed by atoms with Crippen LogP contribution in [0.4, 0.5) is 5.69 Å². The molecule has 0 aromatic heterocycles. The summed E-state index contributed by atoms with van der Waals surface area (Å²) < 4.78 is 10.6. The van der Waals surface area contributed by atoms with E-state index in [9.17, 15) is 9.59 Å². The van der Waals surface area contributed by atoms with Crippen molar-refractivity contribution in [3.63, 3.8) is 0 Å². The van der Waals surface area contributed by atoms with Gasteiger partial charge in [-0.25, -0.2) is 0 Å². The van der Waals surface area contributed by atoms with E-state index in [-0.39, 0.29) is 29.8 Å². The standard InChI is InChI=1S/C17H24N2O4/c1-11(2)23-15-7-5-4-6-14(15)19-17(21)13-10-12(13)16(20)18-8-9-22-3/h4-7,11-13H,8-10H2,1-3H3,(H,18,20)(H,19,21). The van der Waals surface area contributed by atoms with Crippen molar-refractivity contribution in [3.05, 3.63) is 24.3 Å². The van der Waals surface area contributed by atoms with Crippen LogP contribution in [0.25, 0.3) is 0 Å². The first-order valence-electron chi connectivity index (χ1n) is 7.86. The molecule has 0 aliphatic heterocycles. The lowest BCUT2D eigenvalue weighted by molar-refractivity contribution is -0.125. The van der Waals surface area contributed by atoms with Gasteiger partial charge >= 0.3 is 0 Å². The summed E-state index contributed by atoms with van der Waals surface area (Å²) >= 11 is 0. The molecule has 1 aliphatic rings. The zero-order valence-electron chi connectivity index (χ0n) is 13.8. The van der Waals surface area contributed by atoms with Crippen LogP contribution in [0.1, 0.15) is 20.3 Å². The van der Waals surface area contributed by atoms with Gasteiger partial charge in [0.1, 0.15) is 5.75 Å². The van der Waals surface area contributed by atoms with Crippen molar-refractivity contribution in [1.29, 1.82) is 0 Å². The van der Waals surface area contributed by atoms with Crippen molar-refractivity contribution in [1.82, 2.24) is 5.32 Å². The quantitative estimate of drug-likeness (QED) is 0.716. The molecule has 0 saturated heterocycles. The van der Waals surface area contributed by atoms with Gasteiger partial charge in [0.15, 0.2) is 0 Å². The Balaban J connectivity index is 1.88. The average Bonchev–Trinajstić information content (AvgIpc) is 3.29. The van der Waals surface area contributed by atoms with E-state index < -0.39 is 0 Å². The van der Waals surface area contributed by atoms with Crippen LogP contribution in [-0.4, -0.2) is 38.2 Å². The lowest BCUT2D eigenvalue weighted by Gasteiger charge is -2.14. The molecule has 1 aromatic carbocycles. The van der Waals surface area contributed by atoms with Gasteiger partial charge in [-0.15, -0.1) is 0 Å². The molecule has 2 amide bonds. The van der Waals surface area contributed by atoms with Crippen molar-refractivity contribution in [2.24, 2.45) is 11.8 Å². The number of methoxy groups -OCH3 is 1. The maximum Gasteiger partial charge on any atom is 0.228 e. The fourth-order valence-corrected chi connectivity index (χ4v) is 2.33. The number of carbonyl (C=O) groups excluding carboxylic acids is 2. The molecule has 23 heavy (non-hydrogen) atoms. The smallest absolute Gasteiger partial charge is 0.228 e. The number of ether oxygens (including phenoxy) is 2. The maximum atomic E-state index is 12.3. The van der Waals surface area contributed by atoms with Crippen LogP contribution in [0.3, 0.4) is 0 Å². The summed E-state index contributed by atoms with van der Waals surface area (Å²) in [6, 6.07) is 7.31. The van der Waals surface area contributed by atoms with Gasteiger partial charge in [0, 0.05) is 13.7 Å². The average molecular weight is 320 g/mol. The first kappa shape index (κ1) is 17.3. The zero-order valence-corrected chi connectivity index (χ0v) is 13.8. The van der Waals surface area contributed by atoms with E-state index in [1.807, 2.05) is 32.0 Å². The largest absolute Gasteiger partial charge is 0.489 e. The van der Waals surface area contributed by atoms with Gasteiger partial charge in [0.2, 0.25) is 11.8 Å². The van der Waals surface area contributed by atoms with Crippen LogP contribution >= 0.6 is 0 Å². The first-order valence-corrected chi connectivity index (χ1v) is 7.86. The molecule has 0 heterocycles. The molecule has 2 N–H and O–H groups in total. The van der Waals surface area contributed by atoms with Crippen LogP contribution in [0.5, 0.6) is 5.75 Å². The van der Waals surface area contributed by atoms with Crippen molar-refractivity contribution in [2.45, 2.75) is 26.4 Å². The van der Waals surface area contributed by atoms with E-state index in [4.69, 9.17) is 9.47 Å². The van der Waals surface area contributed by atoms with Gasteiger partial charge in [0.05, 0.1) is 30.2 Å². The molecule has 2 unspecified atom stereocenters. The van der Waals surface area contributed by atoms with E-state index in [1.165, 1.54) is 0 Å². The molecule has 0 bridgehead atoms. The number of hydrogen-bond acceptors (Lipinski definition) is 4. The number of para-hydroxylation sites is 2. The molecule has 6 heteroatoms. The SMILES string of the molecule is COCCNC(=O)C1CC1C(=O)Nc1ccccc1OC(C)C. The second kappa shape index (κ2) is 7.97. The van der Waals surface area contributed by atoms with Crippen LogP contribution < -0.4 is 15.4 Å². The van der Waals surface area contributed by atoms with Gasteiger partial charge in [0.25, 0.3) is 0 Å². The topological polar surface area (TPSA) is 76.7 Å². The monoisotopic (exact) mass is 320 g/mol. The molecule has 126 valence electrons. The summed E-state index contributed by atoms with van der Waals surface area (Å²) in [5, 5.41) is 5.62. The Morgan fingerprint density at radius 1 is 1.22 bits per heavy atom. The third-order valence-corrected chi connectivity index (χ3v) is 3.58. The van der Waals surface area contributed by atoms with Crippen LogP contribution in [0.15, 0.2) is 24.3 Å². The Labute approximate surface area is 136 Å². The Kier molecular flexibility index (Phi) is 5.98. The highest BCUT2D eigenvalue weighted by Gasteiger charge is 2.48. The highest BCUT2D eigenvalue weighted by Crippen LogP contribution is 2.40. The van der Waals surface area contributed by atoms with Gasteiger partial charge in [-0.05, 0) is 32.4 Å². The zero-order chi connectivity index (χ0) is 16.8. The lowest BCUT2D eigenvalue weighted by atomic mass is 10.2. The summed E-state index contributed by atoms with van der Waals surface area (Å²) in [7, 11) is 1.58. The number of hydrogen-bond donors (Lipinski definition) is 2. The number of anilines is 1. The summed E-state index contributed by atoms with van der Waals surface area (Å²) in [4.78, 5) is 24.2.